The normalized spacial score (nSPS) is 11.6. The van der Waals surface area contributed by atoms with Gasteiger partial charge in [-0.05, 0) is 6.92 Å². The van der Waals surface area contributed by atoms with Crippen molar-refractivity contribution in [3.63, 3.8) is 0 Å². The molecule has 5 nitrogen and oxygen atoms in total. The fourth-order valence-corrected chi connectivity index (χ4v) is 1.89. The lowest BCUT2D eigenvalue weighted by Gasteiger charge is -2.17. The zero-order chi connectivity index (χ0) is 14.4. The highest BCUT2D eigenvalue weighted by molar-refractivity contribution is 6.30. The molecule has 1 aromatic carbocycles. The summed E-state index contributed by atoms with van der Waals surface area (Å²) >= 11 is 6.12. The third kappa shape index (κ3) is 3.44. The largest absolute Gasteiger partial charge is 0.496 e. The van der Waals surface area contributed by atoms with Gasteiger partial charge in [0.15, 0.2) is 5.38 Å². The first kappa shape index (κ1) is 15.4. The van der Waals surface area contributed by atoms with E-state index in [0.717, 1.165) is 0 Å². The predicted octanol–water partition coefficient (Wildman–Crippen LogP) is 2.56. The molecule has 0 heterocycles. The van der Waals surface area contributed by atoms with E-state index in [9.17, 15) is 4.79 Å². The zero-order valence-corrected chi connectivity index (χ0v) is 12.1. The van der Waals surface area contributed by atoms with Crippen LogP contribution in [0.3, 0.4) is 0 Å². The van der Waals surface area contributed by atoms with E-state index in [1.165, 1.54) is 21.3 Å². The van der Waals surface area contributed by atoms with Crippen molar-refractivity contribution in [2.75, 3.05) is 27.9 Å². The summed E-state index contributed by atoms with van der Waals surface area (Å²) in [7, 11) is 4.48. The molecule has 0 aromatic heterocycles. The summed E-state index contributed by atoms with van der Waals surface area (Å²) in [6.45, 7) is 1.97. The van der Waals surface area contributed by atoms with Gasteiger partial charge in [-0.1, -0.05) is 0 Å². The number of carbonyl (C=O) groups is 1. The second-order valence-corrected chi connectivity index (χ2v) is 4.00. The fraction of sp³-hybridized carbons (Fsp3) is 0.462. The van der Waals surface area contributed by atoms with E-state index in [2.05, 4.69) is 0 Å². The van der Waals surface area contributed by atoms with Crippen molar-refractivity contribution in [2.45, 2.75) is 12.3 Å². The average molecular weight is 289 g/mol. The minimum absolute atomic E-state index is 0.253. The molecule has 0 bridgehead atoms. The van der Waals surface area contributed by atoms with Gasteiger partial charge >= 0.3 is 5.97 Å². The van der Waals surface area contributed by atoms with E-state index in [0.29, 0.717) is 22.8 Å². The summed E-state index contributed by atoms with van der Waals surface area (Å²) in [5, 5.41) is -1.00. The first-order chi connectivity index (χ1) is 9.08. The van der Waals surface area contributed by atoms with E-state index in [1.807, 2.05) is 0 Å². The van der Waals surface area contributed by atoms with Crippen molar-refractivity contribution >= 4 is 17.6 Å². The molecule has 1 unspecified atom stereocenters. The summed E-state index contributed by atoms with van der Waals surface area (Å²) in [5.41, 5.74) is 0.422. The maximum Gasteiger partial charge on any atom is 0.328 e. The molecule has 1 aromatic rings. The van der Waals surface area contributed by atoms with Crippen LogP contribution in [-0.2, 0) is 9.53 Å². The molecule has 0 N–H and O–H groups in total. The van der Waals surface area contributed by atoms with Crippen LogP contribution in [0.4, 0.5) is 0 Å². The Bertz CT molecular complexity index is 422. The molecule has 0 saturated heterocycles. The topological polar surface area (TPSA) is 54.0 Å². The van der Waals surface area contributed by atoms with Gasteiger partial charge in [0, 0.05) is 12.1 Å². The molecule has 0 aliphatic carbocycles. The molecule has 6 heteroatoms. The molecule has 19 heavy (non-hydrogen) atoms. The van der Waals surface area contributed by atoms with Crippen LogP contribution in [0.5, 0.6) is 17.2 Å². The Morgan fingerprint density at radius 1 is 1.16 bits per heavy atom. The van der Waals surface area contributed by atoms with Crippen LogP contribution in [0, 0.1) is 0 Å². The van der Waals surface area contributed by atoms with Gasteiger partial charge in [0.25, 0.3) is 0 Å². The van der Waals surface area contributed by atoms with Crippen LogP contribution in [-0.4, -0.2) is 33.9 Å². The van der Waals surface area contributed by atoms with Crippen LogP contribution in [0.15, 0.2) is 12.1 Å². The van der Waals surface area contributed by atoms with Crippen LogP contribution in [0.1, 0.15) is 17.9 Å². The minimum Gasteiger partial charge on any atom is -0.496 e. The minimum atomic E-state index is -1.00. The molecule has 0 spiro atoms. The van der Waals surface area contributed by atoms with Gasteiger partial charge in [-0.15, -0.1) is 11.6 Å². The summed E-state index contributed by atoms with van der Waals surface area (Å²) in [5.74, 6) is 0.810. The lowest BCUT2D eigenvalue weighted by molar-refractivity contribution is -0.142. The lowest BCUT2D eigenvalue weighted by atomic mass is 10.1. The molecule has 106 valence electrons. The molecular weight excluding hydrogens is 272 g/mol. The first-order valence-corrected chi connectivity index (χ1v) is 6.13. The summed E-state index contributed by atoms with van der Waals surface area (Å²) in [6, 6.07) is 3.26. The molecular formula is C13H17ClO5. The smallest absolute Gasteiger partial charge is 0.328 e. The number of carbonyl (C=O) groups excluding carboxylic acids is 1. The Morgan fingerprint density at radius 3 is 2.05 bits per heavy atom. The van der Waals surface area contributed by atoms with Gasteiger partial charge in [0.05, 0.1) is 33.5 Å². The number of ether oxygens (including phenoxy) is 4. The Labute approximate surface area is 117 Å². The first-order valence-electron chi connectivity index (χ1n) is 5.69. The molecule has 0 fully saturated rings. The number of methoxy groups -OCH3 is 3. The van der Waals surface area contributed by atoms with E-state index < -0.39 is 11.3 Å². The number of hydrogen-bond donors (Lipinski definition) is 0. The van der Waals surface area contributed by atoms with Gasteiger partial charge in [-0.3, -0.25) is 4.79 Å². The van der Waals surface area contributed by atoms with Crippen molar-refractivity contribution in [1.82, 2.24) is 0 Å². The Morgan fingerprint density at radius 2 is 1.68 bits per heavy atom. The van der Waals surface area contributed by atoms with Crippen LogP contribution < -0.4 is 14.2 Å². The third-order valence-electron chi connectivity index (χ3n) is 2.50. The Balaban J connectivity index is 3.27. The number of hydrogen-bond acceptors (Lipinski definition) is 5. The zero-order valence-electron chi connectivity index (χ0n) is 11.4. The van der Waals surface area contributed by atoms with Gasteiger partial charge in [-0.25, -0.2) is 0 Å². The average Bonchev–Trinajstić information content (AvgIpc) is 2.44. The molecule has 0 saturated carbocycles. The van der Waals surface area contributed by atoms with Gasteiger partial charge in [-0.2, -0.15) is 0 Å². The highest BCUT2D eigenvalue weighted by Crippen LogP contribution is 2.41. The van der Waals surface area contributed by atoms with Gasteiger partial charge in [0.1, 0.15) is 17.2 Å². The van der Waals surface area contributed by atoms with Gasteiger partial charge in [0.2, 0.25) is 0 Å². The third-order valence-corrected chi connectivity index (χ3v) is 2.90. The van der Waals surface area contributed by atoms with E-state index in [4.69, 9.17) is 30.5 Å². The monoisotopic (exact) mass is 288 g/mol. The molecule has 0 aliphatic heterocycles. The quantitative estimate of drug-likeness (QED) is 0.595. The fourth-order valence-electron chi connectivity index (χ4n) is 1.62. The van der Waals surface area contributed by atoms with E-state index in [1.54, 1.807) is 19.1 Å². The summed E-state index contributed by atoms with van der Waals surface area (Å²) in [6.07, 6.45) is 0. The standard InChI is InChI=1S/C13H17ClO5/c1-5-19-13(15)12(14)11-9(17-3)6-8(16-2)7-10(11)18-4/h6-7,12H,5H2,1-4H3. The molecule has 1 atom stereocenters. The number of rotatable bonds is 6. The Kier molecular flexibility index (Phi) is 5.76. The van der Waals surface area contributed by atoms with Crippen molar-refractivity contribution < 1.29 is 23.7 Å². The second kappa shape index (κ2) is 7.09. The van der Waals surface area contributed by atoms with Crippen molar-refractivity contribution in [3.05, 3.63) is 17.7 Å². The number of esters is 1. The SMILES string of the molecule is CCOC(=O)C(Cl)c1c(OC)cc(OC)cc1OC. The maximum atomic E-state index is 11.7. The number of alkyl halides is 1. The van der Waals surface area contributed by atoms with Crippen LogP contribution in [0.25, 0.3) is 0 Å². The van der Waals surface area contributed by atoms with Crippen LogP contribution in [0.2, 0.25) is 0 Å². The van der Waals surface area contributed by atoms with Crippen molar-refractivity contribution in [1.29, 1.82) is 0 Å². The highest BCUT2D eigenvalue weighted by Gasteiger charge is 2.27. The highest BCUT2D eigenvalue weighted by atomic mass is 35.5. The lowest BCUT2D eigenvalue weighted by Crippen LogP contribution is -2.13. The molecule has 0 amide bonds. The predicted molar refractivity (Wildman–Crippen MR) is 71.3 cm³/mol. The van der Waals surface area contributed by atoms with Gasteiger partial charge < -0.3 is 18.9 Å². The molecule has 0 radical (unpaired) electrons. The number of benzene rings is 1. The van der Waals surface area contributed by atoms with Crippen molar-refractivity contribution in [3.8, 4) is 17.2 Å². The van der Waals surface area contributed by atoms with Crippen LogP contribution >= 0.6 is 11.6 Å². The Hall–Kier alpha value is -1.62. The number of halogens is 1. The van der Waals surface area contributed by atoms with E-state index in [-0.39, 0.29) is 6.61 Å². The maximum absolute atomic E-state index is 11.7. The second-order valence-electron chi connectivity index (χ2n) is 3.56. The van der Waals surface area contributed by atoms with E-state index >= 15 is 0 Å². The summed E-state index contributed by atoms with van der Waals surface area (Å²) in [4.78, 5) is 11.7. The molecule has 1 rings (SSSR count). The summed E-state index contributed by atoms with van der Waals surface area (Å²) < 4.78 is 20.5. The molecule has 0 aliphatic rings. The van der Waals surface area contributed by atoms with Crippen molar-refractivity contribution in [2.24, 2.45) is 0 Å².